The smallest absolute Gasteiger partial charge is 0.274 e. The molecule has 3 aromatic heterocycles. The Hall–Kier alpha value is -4.44. The molecule has 2 aromatic carbocycles. The summed E-state index contributed by atoms with van der Waals surface area (Å²) in [5.41, 5.74) is 3.82. The highest BCUT2D eigenvalue weighted by Crippen LogP contribution is 2.32. The number of nitrogens with zero attached hydrogens (tertiary/aromatic N) is 5. The molecule has 0 spiro atoms. The second-order valence-corrected chi connectivity index (χ2v) is 9.18. The molecule has 5 aromatic rings. The minimum atomic E-state index is -0.361. The molecule has 0 radical (unpaired) electrons. The number of aromatic nitrogens is 5. The third kappa shape index (κ3) is 4.70. The van der Waals surface area contributed by atoms with Crippen LogP contribution in [0.2, 0.25) is 0 Å². The highest BCUT2D eigenvalue weighted by Gasteiger charge is 2.19. The van der Waals surface area contributed by atoms with Crippen molar-refractivity contribution in [3.05, 3.63) is 82.5 Å². The number of fused-ring (bicyclic) bond motifs is 1. The Morgan fingerprint density at radius 1 is 1.11 bits per heavy atom. The molecule has 0 saturated carbocycles. The minimum Gasteiger partial charge on any atom is -0.394 e. The van der Waals surface area contributed by atoms with Crippen molar-refractivity contribution in [2.45, 2.75) is 32.9 Å². The zero-order chi connectivity index (χ0) is 26.1. The fourth-order valence-electron chi connectivity index (χ4n) is 4.51. The number of rotatable bonds is 8. The van der Waals surface area contributed by atoms with Crippen LogP contribution in [0.5, 0.6) is 0 Å². The summed E-state index contributed by atoms with van der Waals surface area (Å²) in [7, 11) is 1.78. The van der Waals surface area contributed by atoms with E-state index in [-0.39, 0.29) is 24.2 Å². The van der Waals surface area contributed by atoms with Crippen LogP contribution in [0.15, 0.2) is 70.1 Å². The Kier molecular flexibility index (Phi) is 6.49. The summed E-state index contributed by atoms with van der Waals surface area (Å²) < 4.78 is 9.01. The normalized spacial score (nSPS) is 12.3. The summed E-state index contributed by atoms with van der Waals surface area (Å²) in [6, 6.07) is 16.9. The lowest BCUT2D eigenvalue weighted by Gasteiger charge is -2.20. The molecule has 3 N–H and O–H groups in total. The average molecular weight is 500 g/mol. The minimum absolute atomic E-state index is 0.0324. The second kappa shape index (κ2) is 9.90. The first-order valence-electron chi connectivity index (χ1n) is 12.1. The zero-order valence-corrected chi connectivity index (χ0v) is 21.1. The van der Waals surface area contributed by atoms with Crippen LogP contribution in [0.1, 0.15) is 37.3 Å². The van der Waals surface area contributed by atoms with Crippen LogP contribution in [0, 0.1) is 6.92 Å². The molecule has 10 nitrogen and oxygen atoms in total. The summed E-state index contributed by atoms with van der Waals surface area (Å²) >= 11 is 0. The predicted octanol–water partition coefficient (Wildman–Crippen LogP) is 4.56. The first-order valence-corrected chi connectivity index (χ1v) is 12.1. The molecule has 0 aliphatic carbocycles. The third-order valence-electron chi connectivity index (χ3n) is 6.23. The van der Waals surface area contributed by atoms with Gasteiger partial charge < -0.3 is 20.3 Å². The van der Waals surface area contributed by atoms with Crippen molar-refractivity contribution in [1.29, 1.82) is 0 Å². The molecular formula is C27H29N7O3. The highest BCUT2D eigenvalue weighted by atomic mass is 16.5. The summed E-state index contributed by atoms with van der Waals surface area (Å²) in [5, 5.41) is 21.4. The fraction of sp³-hybridized carbons (Fsp3) is 0.259. The van der Waals surface area contributed by atoms with Crippen molar-refractivity contribution in [2.24, 2.45) is 7.05 Å². The topological polar surface area (TPSA) is 123 Å². The predicted molar refractivity (Wildman–Crippen MR) is 143 cm³/mol. The lowest BCUT2D eigenvalue weighted by atomic mass is 10.1. The summed E-state index contributed by atoms with van der Waals surface area (Å²) in [6.45, 7) is 5.72. The molecule has 5 rings (SSSR count). The van der Waals surface area contributed by atoms with E-state index < -0.39 is 0 Å². The van der Waals surface area contributed by atoms with Gasteiger partial charge >= 0.3 is 0 Å². The number of pyridine rings is 1. The van der Waals surface area contributed by atoms with Gasteiger partial charge in [-0.15, -0.1) is 0 Å². The zero-order valence-electron chi connectivity index (χ0n) is 21.1. The van der Waals surface area contributed by atoms with Crippen molar-refractivity contribution in [2.75, 3.05) is 17.2 Å². The Labute approximate surface area is 213 Å². The third-order valence-corrected chi connectivity index (χ3v) is 6.23. The summed E-state index contributed by atoms with van der Waals surface area (Å²) in [5.74, 6) is 1.41. The molecule has 37 heavy (non-hydrogen) atoms. The van der Waals surface area contributed by atoms with Gasteiger partial charge in [0.2, 0.25) is 0 Å². The number of anilines is 3. The van der Waals surface area contributed by atoms with Crippen LogP contribution in [-0.4, -0.2) is 36.2 Å². The van der Waals surface area contributed by atoms with E-state index in [4.69, 9.17) is 4.52 Å². The monoisotopic (exact) mass is 499 g/mol. The van der Waals surface area contributed by atoms with Crippen LogP contribution in [0.3, 0.4) is 0 Å². The average Bonchev–Trinajstić information content (AvgIpc) is 3.43. The standard InChI is InChI=1S/C27H29N7O3/c1-16(2)34-24-12-19(10-11-20(24)27(36)33(34)4)30-25-13-22(21(14-28-25)26-29-17(3)32-37-26)31-23(15-35)18-8-6-5-7-9-18/h5-14,16,23,35H,15H2,1-4H3,(H2,28,30,31)/t23-/m1/s1. The van der Waals surface area contributed by atoms with E-state index in [1.165, 1.54) is 0 Å². The van der Waals surface area contributed by atoms with Gasteiger partial charge in [-0.05, 0) is 44.5 Å². The van der Waals surface area contributed by atoms with E-state index in [9.17, 15) is 9.90 Å². The lowest BCUT2D eigenvalue weighted by Crippen LogP contribution is -2.20. The van der Waals surface area contributed by atoms with E-state index in [0.717, 1.165) is 16.8 Å². The van der Waals surface area contributed by atoms with E-state index >= 15 is 0 Å². The van der Waals surface area contributed by atoms with E-state index in [2.05, 4.69) is 25.8 Å². The quantitative estimate of drug-likeness (QED) is 0.284. The maximum absolute atomic E-state index is 12.7. The molecule has 0 aliphatic rings. The Morgan fingerprint density at radius 2 is 1.89 bits per heavy atom. The van der Waals surface area contributed by atoms with Crippen molar-refractivity contribution in [3.63, 3.8) is 0 Å². The first kappa shape index (κ1) is 24.3. The Morgan fingerprint density at radius 3 is 2.57 bits per heavy atom. The second-order valence-electron chi connectivity index (χ2n) is 9.18. The molecule has 190 valence electrons. The number of hydrogen-bond acceptors (Lipinski definition) is 8. The van der Waals surface area contributed by atoms with Crippen LogP contribution in [-0.2, 0) is 7.05 Å². The summed E-state index contributed by atoms with van der Waals surface area (Å²) in [4.78, 5) is 21.6. The fourth-order valence-corrected chi connectivity index (χ4v) is 4.51. The number of aliphatic hydroxyl groups is 1. The molecule has 1 atom stereocenters. The van der Waals surface area contributed by atoms with Crippen LogP contribution < -0.4 is 16.2 Å². The van der Waals surface area contributed by atoms with Gasteiger partial charge in [-0.25, -0.2) is 4.98 Å². The van der Waals surface area contributed by atoms with Gasteiger partial charge in [0.1, 0.15) is 5.82 Å². The summed E-state index contributed by atoms with van der Waals surface area (Å²) in [6.07, 6.45) is 1.65. The molecule has 0 aliphatic heterocycles. The van der Waals surface area contributed by atoms with Gasteiger partial charge in [0.15, 0.2) is 5.82 Å². The largest absolute Gasteiger partial charge is 0.394 e. The lowest BCUT2D eigenvalue weighted by molar-refractivity contribution is 0.276. The molecule has 3 heterocycles. The van der Waals surface area contributed by atoms with Gasteiger partial charge in [-0.1, -0.05) is 35.5 Å². The van der Waals surface area contributed by atoms with E-state index in [1.54, 1.807) is 24.9 Å². The molecule has 0 bridgehead atoms. The number of hydrogen-bond donors (Lipinski definition) is 3. The molecular weight excluding hydrogens is 470 g/mol. The molecule has 0 amide bonds. The maximum Gasteiger partial charge on any atom is 0.274 e. The van der Waals surface area contributed by atoms with Crippen LogP contribution in [0.4, 0.5) is 17.2 Å². The molecule has 0 unspecified atom stereocenters. The molecule has 0 fully saturated rings. The van der Waals surface area contributed by atoms with Gasteiger partial charge in [-0.2, -0.15) is 4.98 Å². The number of aliphatic hydroxyl groups excluding tert-OH is 1. The van der Waals surface area contributed by atoms with Crippen molar-refractivity contribution in [3.8, 4) is 11.5 Å². The van der Waals surface area contributed by atoms with E-state index in [0.29, 0.717) is 34.2 Å². The SMILES string of the molecule is Cc1noc(-c2cnc(Nc3ccc4c(=O)n(C)n(C(C)C)c4c3)cc2N[C@H](CO)c2ccccc2)n1. The van der Waals surface area contributed by atoms with Crippen LogP contribution in [0.25, 0.3) is 22.4 Å². The Bertz CT molecular complexity index is 1600. The Balaban J connectivity index is 1.53. The van der Waals surface area contributed by atoms with Gasteiger partial charge in [0.05, 0.1) is 34.8 Å². The van der Waals surface area contributed by atoms with Gasteiger partial charge in [-0.3, -0.25) is 14.2 Å². The molecule has 0 saturated heterocycles. The number of benzene rings is 2. The molecule has 10 heteroatoms. The van der Waals surface area contributed by atoms with Crippen LogP contribution >= 0.6 is 0 Å². The van der Waals surface area contributed by atoms with Gasteiger partial charge in [0, 0.05) is 31.0 Å². The van der Waals surface area contributed by atoms with Crippen molar-refractivity contribution >= 4 is 28.1 Å². The first-order chi connectivity index (χ1) is 17.9. The van der Waals surface area contributed by atoms with Crippen molar-refractivity contribution < 1.29 is 9.63 Å². The van der Waals surface area contributed by atoms with Crippen molar-refractivity contribution in [1.82, 2.24) is 24.5 Å². The highest BCUT2D eigenvalue weighted by molar-refractivity contribution is 5.84. The maximum atomic E-state index is 12.7. The van der Waals surface area contributed by atoms with Gasteiger partial charge in [0.25, 0.3) is 11.4 Å². The number of nitrogens with one attached hydrogen (secondary N) is 2. The number of aryl methyl sites for hydroxylation is 1. The van der Waals surface area contributed by atoms with E-state index in [1.807, 2.05) is 73.1 Å².